The quantitative estimate of drug-likeness (QED) is 0.171. The van der Waals surface area contributed by atoms with Gasteiger partial charge >= 0.3 is 11.9 Å². The van der Waals surface area contributed by atoms with Gasteiger partial charge < -0.3 is 14.8 Å². The monoisotopic (exact) mass is 587 g/mol. The lowest BCUT2D eigenvalue weighted by Gasteiger charge is -2.14. The molecule has 0 bridgehead atoms. The molecule has 3 aromatic carbocycles. The molecule has 4 rings (SSSR count). The Kier molecular flexibility index (Phi) is 8.62. The Balaban J connectivity index is 1.54. The molecule has 1 aliphatic heterocycles. The molecule has 1 fully saturated rings. The van der Waals surface area contributed by atoms with Gasteiger partial charge in [0, 0.05) is 11.8 Å². The average molecular weight is 588 g/mol. The molecule has 0 unspecified atom stereocenters. The molecular weight excluding hydrogens is 567 g/mol. The third kappa shape index (κ3) is 7.03. The normalized spacial score (nSPS) is 14.3. The van der Waals surface area contributed by atoms with Crippen molar-refractivity contribution in [1.29, 1.82) is 0 Å². The van der Waals surface area contributed by atoms with Crippen LogP contribution in [0.25, 0.3) is 6.08 Å². The van der Waals surface area contributed by atoms with E-state index in [1.165, 1.54) is 24.3 Å². The molecule has 0 radical (unpaired) electrons. The van der Waals surface area contributed by atoms with Gasteiger partial charge in [-0.25, -0.2) is 0 Å². The number of nitrogens with zero attached hydrogens (tertiary/aromatic N) is 2. The van der Waals surface area contributed by atoms with Crippen molar-refractivity contribution in [3.63, 3.8) is 0 Å². The fourth-order valence-electron chi connectivity index (χ4n) is 3.66. The number of imide groups is 1. The predicted octanol–water partition coefficient (Wildman–Crippen LogP) is 6.48. The largest absolute Gasteiger partial charge is 0.490 e. The zero-order valence-electron chi connectivity index (χ0n) is 21.1. The molecule has 14 heteroatoms. The van der Waals surface area contributed by atoms with Crippen LogP contribution in [0, 0.1) is 10.1 Å². The van der Waals surface area contributed by atoms with Crippen molar-refractivity contribution >= 4 is 46.3 Å². The number of nitrogens with one attached hydrogen (secondary N) is 1. The molecule has 0 atom stereocenters. The lowest BCUT2D eigenvalue weighted by atomic mass is 10.1. The maximum Gasteiger partial charge on any atom is 0.416 e. The maximum absolute atomic E-state index is 13.0. The van der Waals surface area contributed by atoms with E-state index in [0.29, 0.717) is 35.1 Å². The summed E-state index contributed by atoms with van der Waals surface area (Å²) in [6.07, 6.45) is -3.39. The van der Waals surface area contributed by atoms with Crippen molar-refractivity contribution < 1.29 is 42.0 Å². The molecule has 3 amide bonds. The van der Waals surface area contributed by atoms with Crippen LogP contribution in [0.15, 0.2) is 71.6 Å². The molecular formula is C27H20F3N3O7S. The summed E-state index contributed by atoms with van der Waals surface area (Å²) in [6, 6.07) is 14.7. The van der Waals surface area contributed by atoms with Gasteiger partial charge in [-0.05, 0) is 66.7 Å². The topological polar surface area (TPSA) is 128 Å². The molecule has 1 N–H and O–H groups in total. The minimum absolute atomic E-state index is 0.0300. The lowest BCUT2D eigenvalue weighted by molar-refractivity contribution is -0.385. The van der Waals surface area contributed by atoms with Gasteiger partial charge in [-0.3, -0.25) is 29.4 Å². The Morgan fingerprint density at radius 1 is 1.05 bits per heavy atom. The smallest absolute Gasteiger partial charge is 0.416 e. The van der Waals surface area contributed by atoms with Crippen LogP contribution in [-0.2, 0) is 15.8 Å². The average Bonchev–Trinajstić information content (AvgIpc) is 3.17. The Labute approximate surface area is 234 Å². The van der Waals surface area contributed by atoms with E-state index < -0.39 is 51.7 Å². The van der Waals surface area contributed by atoms with Crippen molar-refractivity contribution in [3.05, 3.63) is 92.9 Å². The second-order valence-electron chi connectivity index (χ2n) is 8.36. The summed E-state index contributed by atoms with van der Waals surface area (Å²) < 4.78 is 50.2. The van der Waals surface area contributed by atoms with Crippen LogP contribution >= 0.6 is 11.8 Å². The summed E-state index contributed by atoms with van der Waals surface area (Å²) in [5, 5.41) is 13.4. The second-order valence-corrected chi connectivity index (χ2v) is 9.35. The number of nitro groups is 1. The number of carbonyl (C=O) groups is 3. The Morgan fingerprint density at radius 2 is 1.76 bits per heavy atom. The van der Waals surface area contributed by atoms with Crippen molar-refractivity contribution in [2.75, 3.05) is 18.5 Å². The van der Waals surface area contributed by atoms with Gasteiger partial charge in [0.1, 0.15) is 6.54 Å². The number of anilines is 1. The van der Waals surface area contributed by atoms with E-state index in [1.54, 1.807) is 37.3 Å². The number of ether oxygens (including phenoxy) is 2. The van der Waals surface area contributed by atoms with E-state index in [-0.39, 0.29) is 23.0 Å². The van der Waals surface area contributed by atoms with E-state index in [2.05, 4.69) is 5.32 Å². The first-order valence-electron chi connectivity index (χ1n) is 11.9. The molecule has 0 spiro atoms. The number of nitro benzene ring substituents is 1. The van der Waals surface area contributed by atoms with Crippen LogP contribution < -0.4 is 14.8 Å². The summed E-state index contributed by atoms with van der Waals surface area (Å²) in [5.41, 5.74) is -1.20. The van der Waals surface area contributed by atoms with Crippen molar-refractivity contribution in [3.8, 4) is 17.2 Å². The van der Waals surface area contributed by atoms with Crippen LogP contribution in [0.2, 0.25) is 0 Å². The Bertz CT molecular complexity index is 1540. The molecule has 1 aliphatic rings. The highest BCUT2D eigenvalue weighted by molar-refractivity contribution is 8.18. The lowest BCUT2D eigenvalue weighted by Crippen LogP contribution is -2.36. The van der Waals surface area contributed by atoms with Gasteiger partial charge in [0.25, 0.3) is 11.1 Å². The number of para-hydroxylation sites is 1. The highest BCUT2D eigenvalue weighted by Crippen LogP contribution is 2.41. The van der Waals surface area contributed by atoms with E-state index in [1.807, 2.05) is 0 Å². The van der Waals surface area contributed by atoms with Crippen LogP contribution in [0.1, 0.15) is 18.1 Å². The van der Waals surface area contributed by atoms with Gasteiger partial charge in [-0.1, -0.05) is 24.3 Å². The Morgan fingerprint density at radius 3 is 2.41 bits per heavy atom. The maximum atomic E-state index is 13.0. The van der Waals surface area contributed by atoms with E-state index in [9.17, 15) is 37.7 Å². The molecule has 0 aliphatic carbocycles. The first-order valence-corrected chi connectivity index (χ1v) is 12.7. The van der Waals surface area contributed by atoms with Crippen LogP contribution in [0.3, 0.4) is 0 Å². The molecule has 1 heterocycles. The number of thioether (sulfide) groups is 1. The molecule has 0 aromatic heterocycles. The number of amides is 3. The number of rotatable bonds is 9. The van der Waals surface area contributed by atoms with Crippen LogP contribution in [0.5, 0.6) is 17.2 Å². The van der Waals surface area contributed by atoms with Crippen LogP contribution in [-0.4, -0.2) is 40.0 Å². The van der Waals surface area contributed by atoms with E-state index >= 15 is 0 Å². The van der Waals surface area contributed by atoms with Gasteiger partial charge in [-0.15, -0.1) is 0 Å². The number of halogens is 3. The highest BCUT2D eigenvalue weighted by Gasteiger charge is 2.36. The molecule has 212 valence electrons. The predicted molar refractivity (Wildman–Crippen MR) is 144 cm³/mol. The first kappa shape index (κ1) is 29.1. The third-order valence-corrected chi connectivity index (χ3v) is 6.41. The molecule has 10 nitrogen and oxygen atoms in total. The van der Waals surface area contributed by atoms with Gasteiger partial charge in [0.15, 0.2) is 11.5 Å². The molecule has 1 saturated heterocycles. The zero-order chi connectivity index (χ0) is 29.7. The summed E-state index contributed by atoms with van der Waals surface area (Å²) in [5.74, 6) is -1.62. The summed E-state index contributed by atoms with van der Waals surface area (Å²) in [6.45, 7) is 1.31. The standard InChI is InChI=1S/C27H20F3N3O7S/c1-2-39-22-12-16(8-10-21(22)40-20-11-9-17(27(28,29)30)14-19(20)33(37)38)13-23-25(35)32(26(36)41-23)15-24(34)31-18-6-4-3-5-7-18/h3-14H,2,15H2,1H3,(H,31,34)/b23-13+. The van der Waals surface area contributed by atoms with E-state index in [4.69, 9.17) is 9.47 Å². The fraction of sp³-hybridized carbons (Fsp3) is 0.148. The van der Waals surface area contributed by atoms with Gasteiger partial charge in [0.2, 0.25) is 11.7 Å². The molecule has 41 heavy (non-hydrogen) atoms. The SMILES string of the molecule is CCOc1cc(/C=C2/SC(=O)N(CC(=O)Nc3ccccc3)C2=O)ccc1Oc1ccc(C(F)(F)F)cc1[N+](=O)[O-]. The van der Waals surface area contributed by atoms with Crippen molar-refractivity contribution in [2.45, 2.75) is 13.1 Å². The Hall–Kier alpha value is -4.85. The third-order valence-electron chi connectivity index (χ3n) is 5.50. The minimum atomic E-state index is -4.78. The second kappa shape index (κ2) is 12.1. The first-order chi connectivity index (χ1) is 19.5. The van der Waals surface area contributed by atoms with Gasteiger partial charge in [0.05, 0.1) is 22.0 Å². The van der Waals surface area contributed by atoms with Crippen molar-refractivity contribution in [1.82, 2.24) is 4.90 Å². The number of hydrogen-bond donors (Lipinski definition) is 1. The fourth-order valence-corrected chi connectivity index (χ4v) is 4.50. The van der Waals surface area contributed by atoms with Crippen molar-refractivity contribution in [2.24, 2.45) is 0 Å². The highest BCUT2D eigenvalue weighted by atomic mass is 32.2. The summed E-state index contributed by atoms with van der Waals surface area (Å²) in [7, 11) is 0. The summed E-state index contributed by atoms with van der Waals surface area (Å²) >= 11 is 0.639. The molecule has 3 aromatic rings. The summed E-state index contributed by atoms with van der Waals surface area (Å²) in [4.78, 5) is 48.9. The minimum Gasteiger partial charge on any atom is -0.490 e. The van der Waals surface area contributed by atoms with E-state index in [0.717, 1.165) is 11.0 Å². The van der Waals surface area contributed by atoms with Gasteiger partial charge in [-0.2, -0.15) is 13.2 Å². The molecule has 0 saturated carbocycles. The number of carbonyl (C=O) groups excluding carboxylic acids is 3. The zero-order valence-corrected chi connectivity index (χ0v) is 22.0. The number of alkyl halides is 3. The van der Waals surface area contributed by atoms with Crippen LogP contribution in [0.4, 0.5) is 29.3 Å². The number of benzene rings is 3. The number of hydrogen-bond acceptors (Lipinski definition) is 8.